The molecule has 0 bridgehead atoms. The molecule has 12 nitrogen and oxygen atoms in total. The first-order chi connectivity index (χ1) is 14.4. The number of carboxylic acid groups (broad SMARTS) is 1. The van der Waals surface area contributed by atoms with Crippen LogP contribution in [0.2, 0.25) is 0 Å². The molecule has 0 aromatic rings. The van der Waals surface area contributed by atoms with Crippen LogP contribution < -0.4 is 33.2 Å². The Bertz CT molecular complexity index is 656. The highest BCUT2D eigenvalue weighted by Crippen LogP contribution is 2.15. The van der Waals surface area contributed by atoms with Gasteiger partial charge in [-0.2, -0.15) is 0 Å². The number of carbonyl (C=O) groups is 5. The Morgan fingerprint density at radius 3 is 2.10 bits per heavy atom. The third-order valence-corrected chi connectivity index (χ3v) is 4.88. The number of rotatable bonds is 15. The van der Waals surface area contributed by atoms with Crippen LogP contribution >= 0.6 is 0 Å². The van der Waals surface area contributed by atoms with Gasteiger partial charge in [0, 0.05) is 6.54 Å². The van der Waals surface area contributed by atoms with E-state index in [1.807, 2.05) is 0 Å². The van der Waals surface area contributed by atoms with E-state index in [1.165, 1.54) is 6.92 Å². The lowest BCUT2D eigenvalue weighted by atomic mass is 9.87. The van der Waals surface area contributed by atoms with Gasteiger partial charge < -0.3 is 38.3 Å². The Morgan fingerprint density at radius 1 is 1.03 bits per heavy atom. The second-order valence-electron chi connectivity index (χ2n) is 7.80. The first-order valence-electron chi connectivity index (χ1n) is 10.2. The van der Waals surface area contributed by atoms with Crippen molar-refractivity contribution >= 4 is 29.6 Å². The number of ketones is 1. The van der Waals surface area contributed by atoms with Gasteiger partial charge in [0.25, 0.3) is 0 Å². The Hall–Kier alpha value is -2.73. The second-order valence-corrected chi connectivity index (χ2v) is 7.80. The molecule has 12 heteroatoms. The molecule has 0 aliphatic rings. The van der Waals surface area contributed by atoms with Crippen LogP contribution in [0, 0.1) is 5.92 Å². The maximum Gasteiger partial charge on any atom is 0.326 e. The van der Waals surface area contributed by atoms with Crippen molar-refractivity contribution in [2.24, 2.45) is 23.1 Å². The molecule has 0 saturated heterocycles. The molecule has 0 unspecified atom stereocenters. The smallest absolute Gasteiger partial charge is 0.326 e. The SMILES string of the molecule is CC(=O)[C@](N)(CCCCN)C(=O)N[C@H](C(=O)N[C@@H](CCCNC(N)=O)C(=O)O)C(C)C. The summed E-state index contributed by atoms with van der Waals surface area (Å²) in [6.07, 6.45) is 1.41. The van der Waals surface area contributed by atoms with Crippen molar-refractivity contribution in [3.8, 4) is 0 Å². The van der Waals surface area contributed by atoms with Gasteiger partial charge in [-0.05, 0) is 51.5 Å². The number of carboxylic acids is 1. The van der Waals surface area contributed by atoms with Crippen molar-refractivity contribution < 1.29 is 29.1 Å². The molecule has 31 heavy (non-hydrogen) atoms. The number of urea groups is 1. The number of primary amides is 1. The van der Waals surface area contributed by atoms with Gasteiger partial charge in [-0.1, -0.05) is 13.8 Å². The fraction of sp³-hybridized carbons (Fsp3) is 0.737. The van der Waals surface area contributed by atoms with Crippen LogP contribution in [0.5, 0.6) is 0 Å². The van der Waals surface area contributed by atoms with Gasteiger partial charge in [0.2, 0.25) is 11.8 Å². The topological polar surface area (TPSA) is 220 Å². The highest BCUT2D eigenvalue weighted by Gasteiger charge is 2.41. The largest absolute Gasteiger partial charge is 0.480 e. The van der Waals surface area contributed by atoms with Crippen LogP contribution in [0.3, 0.4) is 0 Å². The Balaban J connectivity index is 5.23. The van der Waals surface area contributed by atoms with Crippen LogP contribution in [0.4, 0.5) is 4.79 Å². The van der Waals surface area contributed by atoms with E-state index in [1.54, 1.807) is 13.8 Å². The molecule has 0 radical (unpaired) electrons. The number of carbonyl (C=O) groups excluding carboxylic acids is 4. The Labute approximate surface area is 182 Å². The molecule has 10 N–H and O–H groups in total. The minimum atomic E-state index is -1.81. The van der Waals surface area contributed by atoms with E-state index >= 15 is 0 Å². The van der Waals surface area contributed by atoms with E-state index in [0.29, 0.717) is 19.4 Å². The van der Waals surface area contributed by atoms with Gasteiger partial charge in [0.1, 0.15) is 12.1 Å². The van der Waals surface area contributed by atoms with Crippen molar-refractivity contribution in [1.29, 1.82) is 0 Å². The molecule has 0 rings (SSSR count). The van der Waals surface area contributed by atoms with Crippen molar-refractivity contribution in [2.75, 3.05) is 13.1 Å². The highest BCUT2D eigenvalue weighted by molar-refractivity contribution is 6.10. The van der Waals surface area contributed by atoms with Crippen molar-refractivity contribution in [3.05, 3.63) is 0 Å². The molecule has 0 heterocycles. The molecule has 4 amide bonds. The number of amides is 4. The molecular formula is C19H36N6O6. The third-order valence-electron chi connectivity index (χ3n) is 4.88. The van der Waals surface area contributed by atoms with Crippen LogP contribution in [0.1, 0.15) is 52.9 Å². The number of unbranched alkanes of at least 4 members (excludes halogenated alkanes) is 1. The Kier molecular flexibility index (Phi) is 12.4. The molecule has 0 fully saturated rings. The van der Waals surface area contributed by atoms with Gasteiger partial charge in [-0.25, -0.2) is 9.59 Å². The molecule has 0 aromatic carbocycles. The van der Waals surface area contributed by atoms with Crippen molar-refractivity contribution in [1.82, 2.24) is 16.0 Å². The lowest BCUT2D eigenvalue weighted by Gasteiger charge is -2.30. The number of Topliss-reactive ketones (excluding diaryl/α,β-unsaturated/α-hetero) is 1. The van der Waals surface area contributed by atoms with Gasteiger partial charge in [0.15, 0.2) is 11.3 Å². The maximum absolute atomic E-state index is 12.8. The van der Waals surface area contributed by atoms with Crippen LogP contribution in [-0.4, -0.2) is 65.4 Å². The molecule has 0 aliphatic heterocycles. The van der Waals surface area contributed by atoms with E-state index in [-0.39, 0.29) is 25.8 Å². The summed E-state index contributed by atoms with van der Waals surface area (Å²) in [5.74, 6) is -3.74. The number of hydrogen-bond acceptors (Lipinski definition) is 7. The van der Waals surface area contributed by atoms with Crippen LogP contribution in [0.25, 0.3) is 0 Å². The molecule has 178 valence electrons. The summed E-state index contributed by atoms with van der Waals surface area (Å²) in [5, 5.41) is 16.6. The summed E-state index contributed by atoms with van der Waals surface area (Å²) in [6.45, 7) is 5.07. The van der Waals surface area contributed by atoms with Gasteiger partial charge in [-0.15, -0.1) is 0 Å². The summed E-state index contributed by atoms with van der Waals surface area (Å²) in [4.78, 5) is 59.7. The van der Waals surface area contributed by atoms with Gasteiger partial charge in [0.05, 0.1) is 0 Å². The summed E-state index contributed by atoms with van der Waals surface area (Å²) >= 11 is 0. The predicted molar refractivity (Wildman–Crippen MR) is 114 cm³/mol. The summed E-state index contributed by atoms with van der Waals surface area (Å²) < 4.78 is 0. The average Bonchev–Trinajstić information content (AvgIpc) is 2.67. The number of nitrogens with one attached hydrogen (secondary N) is 3. The minimum absolute atomic E-state index is 0.0352. The second kappa shape index (κ2) is 13.5. The first kappa shape index (κ1) is 28.3. The van der Waals surface area contributed by atoms with Crippen LogP contribution in [-0.2, 0) is 19.2 Å². The first-order valence-corrected chi connectivity index (χ1v) is 10.2. The molecular weight excluding hydrogens is 408 g/mol. The number of nitrogens with two attached hydrogens (primary N) is 3. The van der Waals surface area contributed by atoms with E-state index < -0.39 is 53.1 Å². The number of aliphatic carboxylic acids is 1. The zero-order valence-electron chi connectivity index (χ0n) is 18.4. The summed E-state index contributed by atoms with van der Waals surface area (Å²) in [6, 6.07) is -3.07. The average molecular weight is 445 g/mol. The van der Waals surface area contributed by atoms with E-state index in [2.05, 4.69) is 16.0 Å². The molecule has 3 atom stereocenters. The van der Waals surface area contributed by atoms with Crippen LogP contribution in [0.15, 0.2) is 0 Å². The fourth-order valence-corrected chi connectivity index (χ4v) is 2.84. The summed E-state index contributed by atoms with van der Waals surface area (Å²) in [7, 11) is 0. The predicted octanol–water partition coefficient (Wildman–Crippen LogP) is -1.44. The zero-order chi connectivity index (χ0) is 24.2. The van der Waals surface area contributed by atoms with E-state index in [9.17, 15) is 29.1 Å². The lowest BCUT2D eigenvalue weighted by molar-refractivity contribution is -0.143. The standard InChI is InChI=1S/C19H36N6O6/c1-11(2)14(25-17(30)19(22,12(3)26)8-4-5-9-20)15(27)24-13(16(28)29)7-6-10-23-18(21)31/h11,13-14H,4-10,20,22H2,1-3H3,(H,24,27)(H,25,30)(H,28,29)(H3,21,23,31)/t13-,14-,19+/m0/s1. The van der Waals surface area contributed by atoms with Gasteiger partial charge in [-0.3, -0.25) is 14.4 Å². The minimum Gasteiger partial charge on any atom is -0.480 e. The molecule has 0 aliphatic carbocycles. The maximum atomic E-state index is 12.8. The molecule has 0 saturated carbocycles. The summed E-state index contributed by atoms with van der Waals surface area (Å²) in [5.41, 5.74) is 14.6. The van der Waals surface area contributed by atoms with E-state index in [4.69, 9.17) is 17.2 Å². The Morgan fingerprint density at radius 2 is 1.65 bits per heavy atom. The van der Waals surface area contributed by atoms with E-state index in [0.717, 1.165) is 0 Å². The normalized spacial score (nSPS) is 14.8. The molecule has 0 spiro atoms. The monoisotopic (exact) mass is 444 g/mol. The highest BCUT2D eigenvalue weighted by atomic mass is 16.4. The van der Waals surface area contributed by atoms with Gasteiger partial charge >= 0.3 is 12.0 Å². The number of hydrogen-bond donors (Lipinski definition) is 7. The van der Waals surface area contributed by atoms with Crippen molar-refractivity contribution in [2.45, 2.75) is 70.5 Å². The lowest BCUT2D eigenvalue weighted by Crippen LogP contribution is -2.63. The van der Waals surface area contributed by atoms with Crippen molar-refractivity contribution in [3.63, 3.8) is 0 Å². The zero-order valence-corrected chi connectivity index (χ0v) is 18.4. The quantitative estimate of drug-likeness (QED) is 0.117. The fourth-order valence-electron chi connectivity index (χ4n) is 2.84. The third kappa shape index (κ3) is 9.75. The molecule has 0 aromatic heterocycles.